The second-order valence-corrected chi connectivity index (χ2v) is 6.63. The monoisotopic (exact) mass is 383 g/mol. The topological polar surface area (TPSA) is 83.6 Å². The predicted molar refractivity (Wildman–Crippen MR) is 113 cm³/mol. The van der Waals surface area contributed by atoms with E-state index in [1.807, 2.05) is 68.4 Å². The average Bonchev–Trinajstić information content (AvgIpc) is 3.16. The Kier molecular flexibility index (Phi) is 6.33. The third-order valence-electron chi connectivity index (χ3n) is 4.40. The molecule has 0 saturated heterocycles. The van der Waals surface area contributed by atoms with Crippen molar-refractivity contribution in [3.05, 3.63) is 94.8 Å². The summed E-state index contributed by atoms with van der Waals surface area (Å²) in [6.07, 6.45) is 6.59. The van der Waals surface area contributed by atoms with Crippen molar-refractivity contribution in [2.24, 2.45) is 0 Å². The van der Waals surface area contributed by atoms with Gasteiger partial charge in [0.15, 0.2) is 0 Å². The lowest BCUT2D eigenvalue weighted by Gasteiger charge is -2.06. The minimum absolute atomic E-state index is 0.0103. The van der Waals surface area contributed by atoms with Crippen molar-refractivity contribution in [1.29, 1.82) is 5.26 Å². The van der Waals surface area contributed by atoms with E-state index in [4.69, 9.17) is 0 Å². The van der Waals surface area contributed by atoms with Gasteiger partial charge in [0, 0.05) is 5.69 Å². The van der Waals surface area contributed by atoms with E-state index in [1.165, 1.54) is 6.08 Å². The molecule has 0 unspecified atom stereocenters. The Hall–Kier alpha value is -3.98. The van der Waals surface area contributed by atoms with E-state index in [-0.39, 0.29) is 5.57 Å². The van der Waals surface area contributed by atoms with Gasteiger partial charge in [-0.2, -0.15) is 5.26 Å². The van der Waals surface area contributed by atoms with Crippen molar-refractivity contribution in [1.82, 2.24) is 15.0 Å². The summed E-state index contributed by atoms with van der Waals surface area (Å²) >= 11 is 0. The minimum Gasteiger partial charge on any atom is -0.321 e. The van der Waals surface area contributed by atoms with Gasteiger partial charge in [-0.25, -0.2) is 4.68 Å². The molecular formula is C23H21N5O. The lowest BCUT2D eigenvalue weighted by atomic mass is 10.1. The van der Waals surface area contributed by atoms with Crippen LogP contribution < -0.4 is 5.32 Å². The Bertz CT molecular complexity index is 1100. The highest BCUT2D eigenvalue weighted by Crippen LogP contribution is 2.15. The van der Waals surface area contributed by atoms with Crippen LogP contribution in [-0.2, 0) is 11.3 Å². The van der Waals surface area contributed by atoms with Crippen LogP contribution in [0.5, 0.6) is 0 Å². The number of nitrogens with zero attached hydrogens (tertiary/aromatic N) is 4. The van der Waals surface area contributed by atoms with Crippen LogP contribution >= 0.6 is 0 Å². The van der Waals surface area contributed by atoms with Crippen molar-refractivity contribution >= 4 is 17.7 Å². The summed E-state index contributed by atoms with van der Waals surface area (Å²) in [7, 11) is 0. The SMILES string of the molecule is Cc1ccc(NC(=O)/C(C#N)=C/C=C/c2cn(Cc3ccccc3)nn2)cc1C. The van der Waals surface area contributed by atoms with E-state index < -0.39 is 5.91 Å². The van der Waals surface area contributed by atoms with Crippen LogP contribution in [-0.4, -0.2) is 20.9 Å². The van der Waals surface area contributed by atoms with Crippen molar-refractivity contribution in [3.63, 3.8) is 0 Å². The second-order valence-electron chi connectivity index (χ2n) is 6.63. The third-order valence-corrected chi connectivity index (χ3v) is 4.40. The fraction of sp³-hybridized carbons (Fsp3) is 0.130. The summed E-state index contributed by atoms with van der Waals surface area (Å²) < 4.78 is 1.73. The fourth-order valence-corrected chi connectivity index (χ4v) is 2.66. The molecule has 1 heterocycles. The van der Waals surface area contributed by atoms with Gasteiger partial charge in [-0.3, -0.25) is 4.79 Å². The van der Waals surface area contributed by atoms with Crippen molar-refractivity contribution in [2.75, 3.05) is 5.32 Å². The Morgan fingerprint density at radius 2 is 1.97 bits per heavy atom. The van der Waals surface area contributed by atoms with Crippen LogP contribution in [0.25, 0.3) is 6.08 Å². The molecule has 2 aromatic carbocycles. The molecule has 1 N–H and O–H groups in total. The number of aryl methyl sites for hydroxylation is 2. The molecule has 0 atom stereocenters. The maximum absolute atomic E-state index is 12.3. The van der Waals surface area contributed by atoms with Gasteiger partial charge >= 0.3 is 0 Å². The van der Waals surface area contributed by atoms with Gasteiger partial charge in [-0.15, -0.1) is 5.10 Å². The molecule has 6 nitrogen and oxygen atoms in total. The highest BCUT2D eigenvalue weighted by Gasteiger charge is 2.08. The molecule has 0 radical (unpaired) electrons. The van der Waals surface area contributed by atoms with E-state index in [2.05, 4.69) is 15.6 Å². The molecule has 6 heteroatoms. The van der Waals surface area contributed by atoms with Crippen molar-refractivity contribution in [2.45, 2.75) is 20.4 Å². The van der Waals surface area contributed by atoms with Crippen molar-refractivity contribution in [3.8, 4) is 6.07 Å². The summed E-state index contributed by atoms with van der Waals surface area (Å²) in [6, 6.07) is 17.5. The highest BCUT2D eigenvalue weighted by molar-refractivity contribution is 6.06. The molecule has 0 spiro atoms. The molecule has 0 aliphatic carbocycles. The third kappa shape index (κ3) is 5.50. The van der Waals surface area contributed by atoms with Gasteiger partial charge in [0.25, 0.3) is 5.91 Å². The summed E-state index contributed by atoms with van der Waals surface area (Å²) in [5.74, 6) is -0.451. The Balaban J connectivity index is 1.64. The first-order valence-corrected chi connectivity index (χ1v) is 9.16. The maximum atomic E-state index is 12.3. The number of carbonyl (C=O) groups excluding carboxylic acids is 1. The minimum atomic E-state index is -0.451. The molecule has 0 saturated carbocycles. The summed E-state index contributed by atoms with van der Waals surface area (Å²) in [5, 5.41) is 20.2. The van der Waals surface area contributed by atoms with E-state index in [0.29, 0.717) is 17.9 Å². The highest BCUT2D eigenvalue weighted by atomic mass is 16.1. The molecule has 29 heavy (non-hydrogen) atoms. The number of amides is 1. The largest absolute Gasteiger partial charge is 0.321 e. The van der Waals surface area contributed by atoms with Crippen LogP contribution in [0, 0.1) is 25.2 Å². The first-order valence-electron chi connectivity index (χ1n) is 9.16. The van der Waals surface area contributed by atoms with Crippen molar-refractivity contribution < 1.29 is 4.79 Å². The zero-order chi connectivity index (χ0) is 20.6. The predicted octanol–water partition coefficient (Wildman–Crippen LogP) is 4.05. The fourth-order valence-electron chi connectivity index (χ4n) is 2.66. The number of benzene rings is 2. The number of rotatable bonds is 6. The Morgan fingerprint density at radius 3 is 2.69 bits per heavy atom. The normalized spacial score (nSPS) is 11.4. The van der Waals surface area contributed by atoms with E-state index in [0.717, 1.165) is 16.7 Å². The lowest BCUT2D eigenvalue weighted by Crippen LogP contribution is -2.13. The van der Waals surface area contributed by atoms with Crippen LogP contribution in [0.1, 0.15) is 22.4 Å². The number of allylic oxidation sites excluding steroid dienone is 2. The van der Waals surface area contributed by atoms with Gasteiger partial charge in [-0.1, -0.05) is 47.7 Å². The quantitative estimate of drug-likeness (QED) is 0.395. The maximum Gasteiger partial charge on any atom is 0.266 e. The summed E-state index contributed by atoms with van der Waals surface area (Å²) in [6.45, 7) is 4.60. The molecule has 0 bridgehead atoms. The molecule has 1 amide bonds. The number of aromatic nitrogens is 3. The number of hydrogen-bond acceptors (Lipinski definition) is 4. The van der Waals surface area contributed by atoms with Gasteiger partial charge in [0.2, 0.25) is 0 Å². The first-order chi connectivity index (χ1) is 14.0. The van der Waals surface area contributed by atoms with E-state index >= 15 is 0 Å². The lowest BCUT2D eigenvalue weighted by molar-refractivity contribution is -0.112. The molecule has 0 aliphatic rings. The zero-order valence-corrected chi connectivity index (χ0v) is 16.3. The first kappa shape index (κ1) is 19.8. The smallest absolute Gasteiger partial charge is 0.266 e. The van der Waals surface area contributed by atoms with E-state index in [1.54, 1.807) is 23.0 Å². The van der Waals surface area contributed by atoms with Gasteiger partial charge < -0.3 is 5.32 Å². The number of nitrogens with one attached hydrogen (secondary N) is 1. The molecule has 3 rings (SSSR count). The van der Waals surface area contributed by atoms with E-state index in [9.17, 15) is 10.1 Å². The average molecular weight is 383 g/mol. The molecule has 144 valence electrons. The molecule has 3 aromatic rings. The van der Waals surface area contributed by atoms with Gasteiger partial charge in [-0.05, 0) is 54.8 Å². The number of anilines is 1. The Morgan fingerprint density at radius 1 is 1.17 bits per heavy atom. The molecule has 0 fully saturated rings. The van der Waals surface area contributed by atoms with Gasteiger partial charge in [0.05, 0.1) is 12.7 Å². The summed E-state index contributed by atoms with van der Waals surface area (Å²) in [5.41, 5.74) is 4.65. The van der Waals surface area contributed by atoms with Crippen LogP contribution in [0.3, 0.4) is 0 Å². The molecule has 1 aromatic heterocycles. The number of hydrogen-bond donors (Lipinski definition) is 1. The number of carbonyl (C=O) groups is 1. The molecular weight excluding hydrogens is 362 g/mol. The number of nitriles is 1. The van der Waals surface area contributed by atoms with Crippen LogP contribution in [0.2, 0.25) is 0 Å². The van der Waals surface area contributed by atoms with Crippen LogP contribution in [0.4, 0.5) is 5.69 Å². The summed E-state index contributed by atoms with van der Waals surface area (Å²) in [4.78, 5) is 12.3. The van der Waals surface area contributed by atoms with Gasteiger partial charge in [0.1, 0.15) is 17.3 Å². The zero-order valence-electron chi connectivity index (χ0n) is 16.3. The standard InChI is InChI=1S/C23H21N5O/c1-17-11-12-21(13-18(17)2)25-23(29)20(14-24)9-6-10-22-16-28(27-26-22)15-19-7-4-3-5-8-19/h3-13,16H,15H2,1-2H3,(H,25,29)/b10-6+,20-9+. The Labute approximate surface area is 169 Å². The molecule has 0 aliphatic heterocycles. The second kappa shape index (κ2) is 9.29. The van der Waals surface area contributed by atoms with Crippen LogP contribution in [0.15, 0.2) is 72.5 Å².